The van der Waals surface area contributed by atoms with Crippen molar-refractivity contribution in [3.8, 4) is 0 Å². The van der Waals surface area contributed by atoms with Gasteiger partial charge in [-0.3, -0.25) is 4.79 Å². The number of aliphatic hydroxyl groups is 1. The Morgan fingerprint density at radius 1 is 1.53 bits per heavy atom. The van der Waals surface area contributed by atoms with Crippen LogP contribution in [0.1, 0.15) is 26.7 Å². The van der Waals surface area contributed by atoms with Crippen LogP contribution in [0.3, 0.4) is 0 Å². The Balaban J connectivity index is 2.05. The van der Waals surface area contributed by atoms with Crippen LogP contribution >= 0.6 is 0 Å². The molecule has 1 amide bonds. The van der Waals surface area contributed by atoms with Crippen molar-refractivity contribution >= 4 is 5.91 Å². The first-order chi connectivity index (χ1) is 6.96. The minimum atomic E-state index is -0.477. The summed E-state index contributed by atoms with van der Waals surface area (Å²) in [5, 5.41) is 9.44. The molecule has 0 radical (unpaired) electrons. The third-order valence-corrected chi connectivity index (χ3v) is 3.92. The summed E-state index contributed by atoms with van der Waals surface area (Å²) in [4.78, 5) is 13.4. The lowest BCUT2D eigenvalue weighted by Gasteiger charge is -2.54. The zero-order chi connectivity index (χ0) is 11.2. The van der Waals surface area contributed by atoms with Gasteiger partial charge in [0.1, 0.15) is 0 Å². The predicted molar refractivity (Wildman–Crippen MR) is 55.3 cm³/mol. The summed E-state index contributed by atoms with van der Waals surface area (Å²) >= 11 is 0. The van der Waals surface area contributed by atoms with Crippen LogP contribution in [0.2, 0.25) is 0 Å². The molecule has 1 saturated heterocycles. The average molecular weight is 213 g/mol. The molecule has 1 aliphatic heterocycles. The van der Waals surface area contributed by atoms with Crippen LogP contribution in [-0.4, -0.2) is 47.8 Å². The van der Waals surface area contributed by atoms with E-state index in [0.29, 0.717) is 6.54 Å². The van der Waals surface area contributed by atoms with Crippen molar-refractivity contribution in [3.05, 3.63) is 0 Å². The van der Waals surface area contributed by atoms with Crippen LogP contribution in [0.25, 0.3) is 0 Å². The first-order valence-corrected chi connectivity index (χ1v) is 5.47. The smallest absolute Gasteiger partial charge is 0.225 e. The number of aliphatic hydroxyl groups excluding tert-OH is 1. The third kappa shape index (κ3) is 1.56. The van der Waals surface area contributed by atoms with Gasteiger partial charge in [-0.2, -0.15) is 0 Å². The van der Waals surface area contributed by atoms with Gasteiger partial charge in [0, 0.05) is 25.1 Å². The molecule has 1 heterocycles. The summed E-state index contributed by atoms with van der Waals surface area (Å²) in [6.45, 7) is 4.73. The van der Waals surface area contributed by atoms with Crippen molar-refractivity contribution in [1.82, 2.24) is 4.90 Å². The van der Waals surface area contributed by atoms with Gasteiger partial charge in [-0.25, -0.2) is 0 Å². The average Bonchev–Trinajstić information content (AvgIpc) is 2.45. The lowest BCUT2D eigenvalue weighted by Crippen LogP contribution is -2.62. The van der Waals surface area contributed by atoms with E-state index in [0.717, 1.165) is 6.42 Å². The highest BCUT2D eigenvalue weighted by molar-refractivity contribution is 5.79. The second-order valence-electron chi connectivity index (χ2n) is 5.20. The molecule has 0 spiro atoms. The molecule has 4 nitrogen and oxygen atoms in total. The van der Waals surface area contributed by atoms with Crippen LogP contribution in [0, 0.1) is 5.41 Å². The number of hydrogen-bond donors (Lipinski definition) is 1. The summed E-state index contributed by atoms with van der Waals surface area (Å²) in [6, 6.07) is 0.229. The number of likely N-dealkylation sites (tertiary alicyclic amines) is 1. The molecular formula is C11H19NO3. The molecule has 0 aromatic rings. The maximum atomic E-state index is 11.6. The van der Waals surface area contributed by atoms with Crippen molar-refractivity contribution in [3.63, 3.8) is 0 Å². The SMILES string of the molecule is COC1CC(N2CC(O)CC2=O)C1(C)C. The van der Waals surface area contributed by atoms with E-state index in [9.17, 15) is 9.90 Å². The van der Waals surface area contributed by atoms with E-state index in [2.05, 4.69) is 13.8 Å². The fourth-order valence-corrected chi connectivity index (χ4v) is 2.81. The molecule has 15 heavy (non-hydrogen) atoms. The number of amides is 1. The lowest BCUT2D eigenvalue weighted by atomic mass is 9.64. The van der Waals surface area contributed by atoms with Gasteiger partial charge in [-0.05, 0) is 6.42 Å². The normalized spacial score (nSPS) is 39.3. The minimum Gasteiger partial charge on any atom is -0.391 e. The van der Waals surface area contributed by atoms with E-state index < -0.39 is 6.10 Å². The van der Waals surface area contributed by atoms with Crippen molar-refractivity contribution in [2.75, 3.05) is 13.7 Å². The van der Waals surface area contributed by atoms with Crippen molar-refractivity contribution < 1.29 is 14.6 Å². The number of rotatable bonds is 2. The number of methoxy groups -OCH3 is 1. The van der Waals surface area contributed by atoms with E-state index in [1.807, 2.05) is 4.90 Å². The zero-order valence-corrected chi connectivity index (χ0v) is 9.56. The second-order valence-corrected chi connectivity index (χ2v) is 5.20. The standard InChI is InChI=1S/C11H19NO3/c1-11(2)8(5-9(11)15-3)12-6-7(13)4-10(12)14/h7-9,13H,4-6H2,1-3H3. The number of hydrogen-bond acceptors (Lipinski definition) is 3. The van der Waals surface area contributed by atoms with Gasteiger partial charge in [0.2, 0.25) is 5.91 Å². The van der Waals surface area contributed by atoms with Gasteiger partial charge in [0.15, 0.2) is 0 Å². The third-order valence-electron chi connectivity index (χ3n) is 3.92. The molecule has 1 N–H and O–H groups in total. The Morgan fingerprint density at radius 2 is 2.20 bits per heavy atom. The van der Waals surface area contributed by atoms with E-state index in [4.69, 9.17) is 4.74 Å². The highest BCUT2D eigenvalue weighted by atomic mass is 16.5. The Labute approximate surface area is 90.2 Å². The molecule has 3 unspecified atom stereocenters. The van der Waals surface area contributed by atoms with Gasteiger partial charge in [-0.15, -0.1) is 0 Å². The van der Waals surface area contributed by atoms with E-state index in [-0.39, 0.29) is 29.9 Å². The van der Waals surface area contributed by atoms with Gasteiger partial charge in [0.25, 0.3) is 0 Å². The minimum absolute atomic E-state index is 0.00840. The highest BCUT2D eigenvalue weighted by Gasteiger charge is 2.53. The Hall–Kier alpha value is -0.610. The summed E-state index contributed by atoms with van der Waals surface area (Å²) in [7, 11) is 1.71. The van der Waals surface area contributed by atoms with Crippen LogP contribution in [0.15, 0.2) is 0 Å². The molecule has 0 aromatic carbocycles. The maximum absolute atomic E-state index is 11.6. The molecule has 2 aliphatic rings. The van der Waals surface area contributed by atoms with Gasteiger partial charge in [-0.1, -0.05) is 13.8 Å². The molecule has 1 saturated carbocycles. The van der Waals surface area contributed by atoms with E-state index in [1.165, 1.54) is 0 Å². The molecule has 2 rings (SSSR count). The molecule has 0 bridgehead atoms. The van der Waals surface area contributed by atoms with Gasteiger partial charge >= 0.3 is 0 Å². The van der Waals surface area contributed by atoms with E-state index in [1.54, 1.807) is 7.11 Å². The van der Waals surface area contributed by atoms with Crippen LogP contribution in [0.4, 0.5) is 0 Å². The topological polar surface area (TPSA) is 49.8 Å². The molecule has 86 valence electrons. The van der Waals surface area contributed by atoms with Gasteiger partial charge < -0.3 is 14.7 Å². The first kappa shape index (κ1) is 10.9. The quantitative estimate of drug-likeness (QED) is 0.722. The van der Waals surface area contributed by atoms with Crippen LogP contribution in [0.5, 0.6) is 0 Å². The molecule has 2 fully saturated rings. The second kappa shape index (κ2) is 3.46. The summed E-state index contributed by atoms with van der Waals surface area (Å²) in [6.07, 6.45) is 0.926. The molecule has 3 atom stereocenters. The number of carbonyl (C=O) groups excluding carboxylic acids is 1. The monoisotopic (exact) mass is 213 g/mol. The lowest BCUT2D eigenvalue weighted by molar-refractivity contribution is -0.156. The number of ether oxygens (including phenoxy) is 1. The fraction of sp³-hybridized carbons (Fsp3) is 0.909. The maximum Gasteiger partial charge on any atom is 0.225 e. The zero-order valence-electron chi connectivity index (χ0n) is 9.56. The summed E-state index contributed by atoms with van der Waals surface area (Å²) < 4.78 is 5.35. The Bertz CT molecular complexity index is 277. The highest BCUT2D eigenvalue weighted by Crippen LogP contribution is 2.46. The van der Waals surface area contributed by atoms with Crippen LogP contribution in [-0.2, 0) is 9.53 Å². The number of β-amino-alcohol motifs (C(OH)–C–C–N with tert-alkyl or cyclic N) is 1. The van der Waals surface area contributed by atoms with Crippen LogP contribution < -0.4 is 0 Å². The molecular weight excluding hydrogens is 194 g/mol. The predicted octanol–water partition coefficient (Wildman–Crippen LogP) is 0.393. The fourth-order valence-electron chi connectivity index (χ4n) is 2.81. The Morgan fingerprint density at radius 3 is 2.60 bits per heavy atom. The number of nitrogens with zero attached hydrogens (tertiary/aromatic N) is 1. The van der Waals surface area contributed by atoms with Crippen molar-refractivity contribution in [1.29, 1.82) is 0 Å². The van der Waals surface area contributed by atoms with Crippen molar-refractivity contribution in [2.45, 2.75) is 44.9 Å². The summed E-state index contributed by atoms with van der Waals surface area (Å²) in [5.74, 6) is 0.0788. The van der Waals surface area contributed by atoms with E-state index >= 15 is 0 Å². The largest absolute Gasteiger partial charge is 0.391 e. The molecule has 1 aliphatic carbocycles. The number of carbonyl (C=O) groups is 1. The molecule has 0 aromatic heterocycles. The van der Waals surface area contributed by atoms with Gasteiger partial charge in [0.05, 0.1) is 18.6 Å². The first-order valence-electron chi connectivity index (χ1n) is 5.47. The van der Waals surface area contributed by atoms with Crippen molar-refractivity contribution in [2.24, 2.45) is 5.41 Å². The Kier molecular flexibility index (Phi) is 2.51. The summed E-state index contributed by atoms with van der Waals surface area (Å²) in [5.41, 5.74) is 0.00840. The molecule has 4 heteroatoms.